The molecule has 0 radical (unpaired) electrons. The Bertz CT molecular complexity index is 504. The minimum absolute atomic E-state index is 0.402. The van der Waals surface area contributed by atoms with Gasteiger partial charge in [0.2, 0.25) is 0 Å². The van der Waals surface area contributed by atoms with Crippen LogP contribution in [0.15, 0.2) is 41.8 Å². The smallest absolute Gasteiger partial charge is 0.160 e. The Morgan fingerprint density at radius 3 is 2.56 bits per heavy atom. The molecule has 0 N–H and O–H groups in total. The van der Waals surface area contributed by atoms with Crippen molar-refractivity contribution in [2.24, 2.45) is 0 Å². The van der Waals surface area contributed by atoms with Gasteiger partial charge in [0, 0.05) is 23.7 Å². The van der Waals surface area contributed by atoms with Gasteiger partial charge < -0.3 is 4.90 Å². The van der Waals surface area contributed by atoms with Crippen LogP contribution in [0.3, 0.4) is 0 Å². The molecule has 0 saturated carbocycles. The van der Waals surface area contributed by atoms with Gasteiger partial charge in [-0.05, 0) is 25.5 Å². The Balaban J connectivity index is 2.21. The Hall–Kier alpha value is -1.61. The van der Waals surface area contributed by atoms with Crippen molar-refractivity contribution >= 4 is 23.3 Å². The van der Waals surface area contributed by atoms with Crippen molar-refractivity contribution in [3.05, 3.63) is 52.2 Å². The summed E-state index contributed by atoms with van der Waals surface area (Å²) in [5, 5.41) is 2.05. The fourth-order valence-electron chi connectivity index (χ4n) is 1.91. The molecule has 0 unspecified atom stereocenters. The van der Waals surface area contributed by atoms with E-state index >= 15 is 0 Å². The van der Waals surface area contributed by atoms with Gasteiger partial charge in [0.15, 0.2) is 6.29 Å². The van der Waals surface area contributed by atoms with Crippen LogP contribution in [0.4, 0.5) is 5.69 Å². The first-order valence-electron chi connectivity index (χ1n) is 6.05. The van der Waals surface area contributed by atoms with E-state index in [1.165, 1.54) is 16.9 Å². The second-order valence-electron chi connectivity index (χ2n) is 4.53. The predicted octanol–water partition coefficient (Wildman–Crippen LogP) is 3.98. The molecule has 94 valence electrons. The lowest BCUT2D eigenvalue weighted by molar-refractivity contribution is 0.112. The minimum atomic E-state index is 0.402. The highest BCUT2D eigenvalue weighted by molar-refractivity contribution is 7.12. The number of nitrogens with zero attached hydrogens (tertiary/aromatic N) is 1. The molecule has 0 spiro atoms. The second-order valence-corrected chi connectivity index (χ2v) is 5.48. The summed E-state index contributed by atoms with van der Waals surface area (Å²) in [5.74, 6) is 0. The standard InChI is InChI=1S/C15H17NOS/c1-12(2)16(9-13-6-4-3-5-7-13)14-8-15(10-17)18-11-14/h3-8,10-12H,9H2,1-2H3. The molecule has 1 heterocycles. The number of carbonyl (C=O) groups is 1. The molecular weight excluding hydrogens is 242 g/mol. The molecule has 0 amide bonds. The molecule has 0 aliphatic carbocycles. The molecule has 1 aromatic heterocycles. The Morgan fingerprint density at radius 1 is 1.28 bits per heavy atom. The van der Waals surface area contributed by atoms with Crippen molar-refractivity contribution in [2.45, 2.75) is 26.4 Å². The number of carbonyl (C=O) groups excluding carboxylic acids is 1. The first-order chi connectivity index (χ1) is 8.70. The number of benzene rings is 1. The van der Waals surface area contributed by atoms with Crippen molar-refractivity contribution in [1.29, 1.82) is 0 Å². The fourth-order valence-corrected chi connectivity index (χ4v) is 2.61. The van der Waals surface area contributed by atoms with Crippen LogP contribution in [0.1, 0.15) is 29.1 Å². The van der Waals surface area contributed by atoms with E-state index in [1.807, 2.05) is 17.5 Å². The number of hydrogen-bond acceptors (Lipinski definition) is 3. The topological polar surface area (TPSA) is 20.3 Å². The van der Waals surface area contributed by atoms with E-state index in [4.69, 9.17) is 0 Å². The zero-order chi connectivity index (χ0) is 13.0. The van der Waals surface area contributed by atoms with E-state index in [0.29, 0.717) is 6.04 Å². The molecule has 0 aliphatic rings. The summed E-state index contributed by atoms with van der Waals surface area (Å²) < 4.78 is 0. The Morgan fingerprint density at radius 2 is 2.00 bits per heavy atom. The van der Waals surface area contributed by atoms with Crippen molar-refractivity contribution in [1.82, 2.24) is 0 Å². The maximum absolute atomic E-state index is 10.8. The van der Waals surface area contributed by atoms with Crippen LogP contribution in [-0.2, 0) is 6.54 Å². The van der Waals surface area contributed by atoms with Gasteiger partial charge in [0.25, 0.3) is 0 Å². The minimum Gasteiger partial charge on any atom is -0.364 e. The summed E-state index contributed by atoms with van der Waals surface area (Å²) in [7, 11) is 0. The van der Waals surface area contributed by atoms with Crippen LogP contribution in [0.5, 0.6) is 0 Å². The van der Waals surface area contributed by atoms with E-state index in [-0.39, 0.29) is 0 Å². The molecular formula is C15H17NOS. The van der Waals surface area contributed by atoms with Crippen LogP contribution < -0.4 is 4.90 Å². The van der Waals surface area contributed by atoms with Gasteiger partial charge in [-0.1, -0.05) is 30.3 Å². The average Bonchev–Trinajstić information content (AvgIpc) is 2.85. The molecule has 0 aliphatic heterocycles. The molecule has 3 heteroatoms. The third kappa shape index (κ3) is 2.99. The zero-order valence-electron chi connectivity index (χ0n) is 10.7. The number of thiophene rings is 1. The van der Waals surface area contributed by atoms with Gasteiger partial charge in [-0.3, -0.25) is 4.79 Å². The molecule has 0 atom stereocenters. The van der Waals surface area contributed by atoms with E-state index in [2.05, 4.69) is 43.0 Å². The normalized spacial score (nSPS) is 10.6. The van der Waals surface area contributed by atoms with Crippen LogP contribution in [0, 0.1) is 0 Å². The predicted molar refractivity (Wildman–Crippen MR) is 77.5 cm³/mol. The first-order valence-corrected chi connectivity index (χ1v) is 6.93. The molecule has 18 heavy (non-hydrogen) atoms. The molecule has 2 aromatic rings. The number of rotatable bonds is 5. The molecule has 0 bridgehead atoms. The zero-order valence-corrected chi connectivity index (χ0v) is 11.5. The quantitative estimate of drug-likeness (QED) is 0.757. The van der Waals surface area contributed by atoms with E-state index in [9.17, 15) is 4.79 Å². The largest absolute Gasteiger partial charge is 0.364 e. The molecule has 0 saturated heterocycles. The van der Waals surface area contributed by atoms with Gasteiger partial charge in [-0.2, -0.15) is 0 Å². The van der Waals surface area contributed by atoms with Crippen LogP contribution in [-0.4, -0.2) is 12.3 Å². The van der Waals surface area contributed by atoms with Gasteiger partial charge in [-0.25, -0.2) is 0 Å². The monoisotopic (exact) mass is 259 g/mol. The summed E-state index contributed by atoms with van der Waals surface area (Å²) in [4.78, 5) is 13.8. The molecule has 0 fully saturated rings. The SMILES string of the molecule is CC(C)N(Cc1ccccc1)c1csc(C=O)c1. The van der Waals surface area contributed by atoms with Crippen LogP contribution in [0.2, 0.25) is 0 Å². The highest BCUT2D eigenvalue weighted by atomic mass is 32.1. The van der Waals surface area contributed by atoms with E-state index < -0.39 is 0 Å². The van der Waals surface area contributed by atoms with Crippen LogP contribution in [0.25, 0.3) is 0 Å². The summed E-state index contributed by atoms with van der Waals surface area (Å²) in [6.07, 6.45) is 0.912. The number of anilines is 1. The summed E-state index contributed by atoms with van der Waals surface area (Å²) in [6, 6.07) is 12.7. The maximum atomic E-state index is 10.8. The van der Waals surface area contributed by atoms with Crippen molar-refractivity contribution in [3.63, 3.8) is 0 Å². The molecule has 1 aromatic carbocycles. The van der Waals surface area contributed by atoms with Crippen molar-refractivity contribution in [2.75, 3.05) is 4.90 Å². The fraction of sp³-hybridized carbons (Fsp3) is 0.267. The van der Waals surface area contributed by atoms with Crippen LogP contribution >= 0.6 is 11.3 Å². The van der Waals surface area contributed by atoms with Crippen molar-refractivity contribution < 1.29 is 4.79 Å². The Labute approximate surface area is 112 Å². The maximum Gasteiger partial charge on any atom is 0.160 e. The number of aldehydes is 1. The van der Waals surface area contributed by atoms with Gasteiger partial charge in [0.05, 0.1) is 4.88 Å². The van der Waals surface area contributed by atoms with Gasteiger partial charge in [-0.15, -0.1) is 11.3 Å². The van der Waals surface area contributed by atoms with Crippen molar-refractivity contribution in [3.8, 4) is 0 Å². The third-order valence-electron chi connectivity index (χ3n) is 2.87. The van der Waals surface area contributed by atoms with Gasteiger partial charge in [0.1, 0.15) is 0 Å². The van der Waals surface area contributed by atoms with E-state index in [1.54, 1.807) is 0 Å². The summed E-state index contributed by atoms with van der Waals surface area (Å²) in [5.41, 5.74) is 2.41. The second kappa shape index (κ2) is 5.83. The third-order valence-corrected chi connectivity index (χ3v) is 3.72. The van der Waals surface area contributed by atoms with Gasteiger partial charge >= 0.3 is 0 Å². The summed E-state index contributed by atoms with van der Waals surface area (Å²) in [6.45, 7) is 5.20. The van der Waals surface area contributed by atoms with E-state index in [0.717, 1.165) is 23.4 Å². The first kappa shape index (κ1) is 12.8. The highest BCUT2D eigenvalue weighted by Crippen LogP contribution is 2.25. The lowest BCUT2D eigenvalue weighted by Gasteiger charge is -2.28. The number of hydrogen-bond donors (Lipinski definition) is 0. The molecule has 2 nitrogen and oxygen atoms in total. The lowest BCUT2D eigenvalue weighted by atomic mass is 10.2. The molecule has 2 rings (SSSR count). The Kier molecular flexibility index (Phi) is 4.15. The average molecular weight is 259 g/mol. The summed E-state index contributed by atoms with van der Waals surface area (Å²) >= 11 is 1.50. The lowest BCUT2D eigenvalue weighted by Crippen LogP contribution is -2.29. The highest BCUT2D eigenvalue weighted by Gasteiger charge is 2.12.